The fourth-order valence-electron chi connectivity index (χ4n) is 1.28. The Balaban J connectivity index is 2.94. The summed E-state index contributed by atoms with van der Waals surface area (Å²) in [5, 5.41) is 19.4. The molecule has 5 heteroatoms. The summed E-state index contributed by atoms with van der Waals surface area (Å²) < 4.78 is 0. The van der Waals surface area contributed by atoms with Gasteiger partial charge in [0.2, 0.25) is 5.88 Å². The van der Waals surface area contributed by atoms with E-state index in [-0.39, 0.29) is 16.5 Å². The number of nitrogens with zero attached hydrogens (tertiary/aromatic N) is 2. The summed E-state index contributed by atoms with van der Waals surface area (Å²) in [6.07, 6.45) is 0. The third kappa shape index (κ3) is 1.58. The van der Waals surface area contributed by atoms with E-state index in [2.05, 4.69) is 4.98 Å². The second-order valence-corrected chi connectivity index (χ2v) is 3.71. The van der Waals surface area contributed by atoms with Crippen LogP contribution in [-0.2, 0) is 0 Å². The van der Waals surface area contributed by atoms with E-state index in [1.54, 1.807) is 24.3 Å². The summed E-state index contributed by atoms with van der Waals surface area (Å²) in [7, 11) is 0. The molecule has 1 aromatic carbocycles. The van der Waals surface area contributed by atoms with Crippen molar-refractivity contribution in [2.24, 2.45) is 0 Å². The van der Waals surface area contributed by atoms with Gasteiger partial charge in [-0.1, -0.05) is 23.2 Å². The Morgan fingerprint density at radius 3 is 2.73 bits per heavy atom. The zero-order chi connectivity index (χ0) is 11.0. The van der Waals surface area contributed by atoms with Gasteiger partial charge >= 0.3 is 0 Å². The molecule has 0 aliphatic heterocycles. The van der Waals surface area contributed by atoms with Crippen LogP contribution in [0.2, 0.25) is 10.0 Å². The van der Waals surface area contributed by atoms with E-state index in [1.807, 2.05) is 0 Å². The number of fused-ring (bicyclic) bond motifs is 1. The molecular weight excluding hydrogens is 235 g/mol. The van der Waals surface area contributed by atoms with Crippen LogP contribution >= 0.6 is 23.2 Å². The number of hydrogen-bond donors (Lipinski definition) is 1. The highest BCUT2D eigenvalue weighted by Gasteiger charge is 2.12. The van der Waals surface area contributed by atoms with Gasteiger partial charge in [-0.15, -0.1) is 0 Å². The first-order chi connectivity index (χ1) is 7.13. The highest BCUT2D eigenvalue weighted by atomic mass is 35.5. The topological polar surface area (TPSA) is 56.9 Å². The maximum absolute atomic E-state index is 9.41. The van der Waals surface area contributed by atoms with Gasteiger partial charge in [0.25, 0.3) is 0 Å². The van der Waals surface area contributed by atoms with Crippen LogP contribution in [0, 0.1) is 11.3 Å². The quantitative estimate of drug-likeness (QED) is 0.768. The molecule has 0 spiro atoms. The Morgan fingerprint density at radius 2 is 2.07 bits per heavy atom. The number of rotatable bonds is 0. The second kappa shape index (κ2) is 3.58. The average Bonchev–Trinajstić information content (AvgIpc) is 2.20. The molecule has 2 aromatic rings. The molecule has 2 rings (SSSR count). The highest BCUT2D eigenvalue weighted by Crippen LogP contribution is 2.32. The molecule has 0 radical (unpaired) electrons. The molecule has 15 heavy (non-hydrogen) atoms. The van der Waals surface area contributed by atoms with Crippen LogP contribution in [0.5, 0.6) is 5.88 Å². The standard InChI is InChI=1S/C10H4Cl2N2O/c11-5-1-2-8-6(3-5)9(12)7(4-13)10(15)14-8/h1-3H,(H,14,15). The van der Waals surface area contributed by atoms with Crippen molar-refractivity contribution in [2.45, 2.75) is 0 Å². The van der Waals surface area contributed by atoms with Crippen LogP contribution < -0.4 is 0 Å². The Bertz CT molecular complexity index is 590. The third-order valence-electron chi connectivity index (χ3n) is 1.98. The molecule has 0 bridgehead atoms. The minimum absolute atomic E-state index is 0.0357. The molecule has 0 saturated heterocycles. The van der Waals surface area contributed by atoms with Crippen molar-refractivity contribution in [3.63, 3.8) is 0 Å². The lowest BCUT2D eigenvalue weighted by atomic mass is 10.1. The summed E-state index contributed by atoms with van der Waals surface area (Å²) in [6.45, 7) is 0. The molecule has 1 aromatic heterocycles. The van der Waals surface area contributed by atoms with E-state index in [9.17, 15) is 5.11 Å². The van der Waals surface area contributed by atoms with Gasteiger partial charge < -0.3 is 5.11 Å². The first-order valence-corrected chi connectivity index (χ1v) is 4.77. The predicted molar refractivity (Wildman–Crippen MR) is 58.1 cm³/mol. The Labute approximate surface area is 95.5 Å². The Morgan fingerprint density at radius 1 is 1.33 bits per heavy atom. The van der Waals surface area contributed by atoms with E-state index >= 15 is 0 Å². The molecule has 1 N–H and O–H groups in total. The van der Waals surface area contributed by atoms with E-state index in [4.69, 9.17) is 28.5 Å². The summed E-state index contributed by atoms with van der Waals surface area (Å²) in [6, 6.07) is 6.66. The van der Waals surface area contributed by atoms with Crippen molar-refractivity contribution in [3.05, 3.63) is 33.8 Å². The number of halogens is 2. The van der Waals surface area contributed by atoms with Crippen molar-refractivity contribution in [2.75, 3.05) is 0 Å². The van der Waals surface area contributed by atoms with Gasteiger partial charge in [0.1, 0.15) is 11.6 Å². The van der Waals surface area contributed by atoms with Crippen molar-refractivity contribution in [1.29, 1.82) is 5.26 Å². The Kier molecular flexibility index (Phi) is 2.39. The molecule has 0 aliphatic carbocycles. The minimum atomic E-state index is -0.364. The van der Waals surface area contributed by atoms with Crippen molar-refractivity contribution in [3.8, 4) is 11.9 Å². The highest BCUT2D eigenvalue weighted by molar-refractivity contribution is 6.37. The Hall–Kier alpha value is -1.50. The van der Waals surface area contributed by atoms with Gasteiger partial charge in [0, 0.05) is 10.4 Å². The van der Waals surface area contributed by atoms with Crippen molar-refractivity contribution in [1.82, 2.24) is 4.98 Å². The van der Waals surface area contributed by atoms with Crippen LogP contribution in [0.3, 0.4) is 0 Å². The molecule has 0 aliphatic rings. The number of benzene rings is 1. The third-order valence-corrected chi connectivity index (χ3v) is 2.60. The largest absolute Gasteiger partial charge is 0.492 e. The maximum Gasteiger partial charge on any atom is 0.231 e. The lowest BCUT2D eigenvalue weighted by Gasteiger charge is -2.03. The molecule has 3 nitrogen and oxygen atoms in total. The SMILES string of the molecule is N#Cc1c(O)nc2ccc(Cl)cc2c1Cl. The first-order valence-electron chi connectivity index (χ1n) is 4.01. The smallest absolute Gasteiger partial charge is 0.231 e. The second-order valence-electron chi connectivity index (χ2n) is 2.90. The van der Waals surface area contributed by atoms with E-state index in [0.29, 0.717) is 15.9 Å². The first kappa shape index (κ1) is 10.0. The zero-order valence-corrected chi connectivity index (χ0v) is 8.84. The van der Waals surface area contributed by atoms with E-state index < -0.39 is 0 Å². The monoisotopic (exact) mass is 238 g/mol. The van der Waals surface area contributed by atoms with Gasteiger partial charge in [0.05, 0.1) is 10.5 Å². The summed E-state index contributed by atoms with van der Waals surface area (Å²) in [4.78, 5) is 3.84. The summed E-state index contributed by atoms with van der Waals surface area (Å²) >= 11 is 11.7. The fourth-order valence-corrected chi connectivity index (χ4v) is 1.73. The summed E-state index contributed by atoms with van der Waals surface area (Å²) in [5.41, 5.74) is 0.465. The number of nitriles is 1. The normalized spacial score (nSPS) is 10.2. The number of hydrogen-bond acceptors (Lipinski definition) is 3. The van der Waals surface area contributed by atoms with Crippen LogP contribution in [0.15, 0.2) is 18.2 Å². The van der Waals surface area contributed by atoms with Crippen LogP contribution in [0.25, 0.3) is 10.9 Å². The molecule has 0 unspecified atom stereocenters. The zero-order valence-electron chi connectivity index (χ0n) is 7.33. The molecule has 0 amide bonds. The lowest BCUT2D eigenvalue weighted by molar-refractivity contribution is 0.454. The fraction of sp³-hybridized carbons (Fsp3) is 0. The van der Waals surface area contributed by atoms with Gasteiger partial charge in [0.15, 0.2) is 0 Å². The molecule has 0 atom stereocenters. The van der Waals surface area contributed by atoms with Gasteiger partial charge in [-0.2, -0.15) is 5.26 Å². The predicted octanol–water partition coefficient (Wildman–Crippen LogP) is 3.12. The van der Waals surface area contributed by atoms with Crippen molar-refractivity contribution >= 4 is 34.1 Å². The number of pyridine rings is 1. The maximum atomic E-state index is 9.41. The number of aromatic nitrogens is 1. The van der Waals surface area contributed by atoms with E-state index in [1.165, 1.54) is 0 Å². The molecule has 0 saturated carbocycles. The van der Waals surface area contributed by atoms with Crippen LogP contribution in [-0.4, -0.2) is 10.1 Å². The average molecular weight is 239 g/mol. The summed E-state index contributed by atoms with van der Waals surface area (Å²) in [5.74, 6) is -0.364. The molecule has 74 valence electrons. The minimum Gasteiger partial charge on any atom is -0.492 e. The lowest BCUT2D eigenvalue weighted by Crippen LogP contribution is -1.87. The van der Waals surface area contributed by atoms with Gasteiger partial charge in [-0.25, -0.2) is 4.98 Å². The molecule has 0 fully saturated rings. The van der Waals surface area contributed by atoms with Gasteiger partial charge in [-0.3, -0.25) is 0 Å². The number of aromatic hydroxyl groups is 1. The molecular formula is C10H4Cl2N2O. The van der Waals surface area contributed by atoms with Crippen molar-refractivity contribution < 1.29 is 5.11 Å². The van der Waals surface area contributed by atoms with Crippen LogP contribution in [0.4, 0.5) is 0 Å². The van der Waals surface area contributed by atoms with E-state index in [0.717, 1.165) is 0 Å². The van der Waals surface area contributed by atoms with Crippen LogP contribution in [0.1, 0.15) is 5.56 Å². The van der Waals surface area contributed by atoms with Gasteiger partial charge in [-0.05, 0) is 18.2 Å². The molecule has 1 heterocycles.